The number of rotatable bonds is 5. The fourth-order valence-corrected chi connectivity index (χ4v) is 2.11. The molecule has 3 rings (SSSR count). The average molecular weight is 366 g/mol. The zero-order valence-corrected chi connectivity index (χ0v) is 13.4. The van der Waals surface area contributed by atoms with Crippen LogP contribution < -0.4 is 10.1 Å². The molecule has 1 atom stereocenters. The normalized spacial score (nSPS) is 12.6. The van der Waals surface area contributed by atoms with Crippen molar-refractivity contribution in [2.24, 2.45) is 0 Å². The molecule has 3 aromatic rings. The number of halogens is 3. The number of ether oxygens (including phenoxy) is 1. The van der Waals surface area contributed by atoms with Gasteiger partial charge in [0.25, 0.3) is 5.91 Å². The predicted octanol–water partition coefficient (Wildman–Crippen LogP) is 3.49. The highest BCUT2D eigenvalue weighted by atomic mass is 19.4. The molecule has 0 unspecified atom stereocenters. The summed E-state index contributed by atoms with van der Waals surface area (Å²) in [5.41, 5.74) is -0.332. The molecule has 0 fully saturated rings. The van der Waals surface area contributed by atoms with Gasteiger partial charge in [-0.3, -0.25) is 15.2 Å². The standard InChI is InChI=1S/C16H13F3N4O3/c1-9(26-12-5-3-2-4-11(12)16(17,18)19)14(24)21-15-20-13(22-23-15)10-6-7-25-8-10/h2-9H,1H3,(H2,20,21,22,23,24)/t9-/m1/s1. The lowest BCUT2D eigenvalue weighted by Crippen LogP contribution is -2.31. The number of nitrogens with zero attached hydrogens (tertiary/aromatic N) is 2. The molecule has 7 nitrogen and oxygen atoms in total. The van der Waals surface area contributed by atoms with Crippen LogP contribution in [0.3, 0.4) is 0 Å². The number of nitrogens with one attached hydrogen (secondary N) is 2. The molecule has 1 amide bonds. The third-order valence-corrected chi connectivity index (χ3v) is 3.38. The maximum Gasteiger partial charge on any atom is 0.419 e. The Balaban J connectivity index is 1.68. The van der Waals surface area contributed by atoms with Crippen molar-refractivity contribution in [3.63, 3.8) is 0 Å². The Kier molecular flexibility index (Phi) is 4.65. The molecule has 136 valence electrons. The van der Waals surface area contributed by atoms with Crippen LogP contribution >= 0.6 is 0 Å². The van der Waals surface area contributed by atoms with Crippen molar-refractivity contribution >= 4 is 11.9 Å². The zero-order valence-electron chi connectivity index (χ0n) is 13.4. The number of carbonyl (C=O) groups is 1. The number of para-hydroxylation sites is 1. The van der Waals surface area contributed by atoms with Gasteiger partial charge < -0.3 is 9.15 Å². The summed E-state index contributed by atoms with van der Waals surface area (Å²) >= 11 is 0. The van der Waals surface area contributed by atoms with Gasteiger partial charge in [0.1, 0.15) is 12.0 Å². The van der Waals surface area contributed by atoms with E-state index in [0.717, 1.165) is 12.1 Å². The first-order valence-corrected chi connectivity index (χ1v) is 7.43. The number of amides is 1. The van der Waals surface area contributed by atoms with Gasteiger partial charge in [-0.1, -0.05) is 12.1 Å². The minimum atomic E-state index is -4.59. The highest BCUT2D eigenvalue weighted by Gasteiger charge is 2.34. The summed E-state index contributed by atoms with van der Waals surface area (Å²) in [6.45, 7) is 1.33. The number of benzene rings is 1. The van der Waals surface area contributed by atoms with Crippen LogP contribution in [0, 0.1) is 0 Å². The molecule has 0 bridgehead atoms. The van der Waals surface area contributed by atoms with Gasteiger partial charge >= 0.3 is 6.18 Å². The minimum Gasteiger partial charge on any atom is -0.480 e. The SMILES string of the molecule is C[C@@H](Oc1ccccc1C(F)(F)F)C(=O)Nc1n[nH]c(-c2ccoc2)n1. The summed E-state index contributed by atoms with van der Waals surface area (Å²) in [5.74, 6) is -0.799. The Bertz CT molecular complexity index is 890. The van der Waals surface area contributed by atoms with E-state index in [1.165, 1.54) is 31.6 Å². The molecule has 0 saturated carbocycles. The molecule has 2 aromatic heterocycles. The maximum absolute atomic E-state index is 13.0. The number of alkyl halides is 3. The molecule has 0 aliphatic carbocycles. The monoisotopic (exact) mass is 366 g/mol. The van der Waals surface area contributed by atoms with Crippen molar-refractivity contribution < 1.29 is 27.1 Å². The number of furan rings is 1. The largest absolute Gasteiger partial charge is 0.480 e. The van der Waals surface area contributed by atoms with Crippen LogP contribution in [-0.2, 0) is 11.0 Å². The third-order valence-electron chi connectivity index (χ3n) is 3.38. The van der Waals surface area contributed by atoms with Gasteiger partial charge in [-0.2, -0.15) is 18.2 Å². The zero-order chi connectivity index (χ0) is 18.7. The van der Waals surface area contributed by atoms with E-state index in [4.69, 9.17) is 9.15 Å². The van der Waals surface area contributed by atoms with Gasteiger partial charge in [-0.15, -0.1) is 5.10 Å². The Morgan fingerprint density at radius 3 is 2.77 bits per heavy atom. The molecule has 1 aromatic carbocycles. The Hall–Kier alpha value is -3.30. The average Bonchev–Trinajstić information content (AvgIpc) is 3.25. The summed E-state index contributed by atoms with van der Waals surface area (Å²) < 4.78 is 49.0. The van der Waals surface area contributed by atoms with Crippen LogP contribution in [0.5, 0.6) is 5.75 Å². The minimum absolute atomic E-state index is 0.0363. The fraction of sp³-hybridized carbons (Fsp3) is 0.188. The predicted molar refractivity (Wildman–Crippen MR) is 84.2 cm³/mol. The second-order valence-corrected chi connectivity index (χ2v) is 5.26. The van der Waals surface area contributed by atoms with E-state index in [-0.39, 0.29) is 5.95 Å². The van der Waals surface area contributed by atoms with E-state index in [0.29, 0.717) is 11.4 Å². The van der Waals surface area contributed by atoms with Crippen molar-refractivity contribution in [1.82, 2.24) is 15.2 Å². The van der Waals surface area contributed by atoms with E-state index < -0.39 is 29.5 Å². The first-order chi connectivity index (χ1) is 12.3. The smallest absolute Gasteiger partial charge is 0.419 e. The number of anilines is 1. The lowest BCUT2D eigenvalue weighted by atomic mass is 10.2. The van der Waals surface area contributed by atoms with E-state index >= 15 is 0 Å². The van der Waals surface area contributed by atoms with Gasteiger partial charge in [-0.25, -0.2) is 0 Å². The van der Waals surface area contributed by atoms with Crippen molar-refractivity contribution in [2.75, 3.05) is 5.32 Å². The maximum atomic E-state index is 13.0. The quantitative estimate of drug-likeness (QED) is 0.721. The van der Waals surface area contributed by atoms with Gasteiger partial charge in [0.05, 0.1) is 17.4 Å². The Morgan fingerprint density at radius 1 is 1.31 bits per heavy atom. The van der Waals surface area contributed by atoms with E-state index in [9.17, 15) is 18.0 Å². The lowest BCUT2D eigenvalue weighted by Gasteiger charge is -2.17. The topological polar surface area (TPSA) is 93.0 Å². The molecule has 0 aliphatic rings. The summed E-state index contributed by atoms with van der Waals surface area (Å²) in [6, 6.07) is 6.31. The number of H-pyrrole nitrogens is 1. The van der Waals surface area contributed by atoms with Gasteiger partial charge in [0.2, 0.25) is 5.95 Å². The lowest BCUT2D eigenvalue weighted by molar-refractivity contribution is -0.140. The van der Waals surface area contributed by atoms with Crippen LogP contribution in [0.15, 0.2) is 47.3 Å². The Morgan fingerprint density at radius 2 is 2.08 bits per heavy atom. The molecule has 10 heteroatoms. The molecular formula is C16H13F3N4O3. The van der Waals surface area contributed by atoms with Gasteiger partial charge in [0.15, 0.2) is 11.9 Å². The van der Waals surface area contributed by atoms with Crippen molar-refractivity contribution in [3.05, 3.63) is 48.4 Å². The molecular weight excluding hydrogens is 353 g/mol. The van der Waals surface area contributed by atoms with Gasteiger partial charge in [0, 0.05) is 0 Å². The number of hydrogen-bond acceptors (Lipinski definition) is 5. The second kappa shape index (κ2) is 6.90. The van der Waals surface area contributed by atoms with Crippen molar-refractivity contribution in [2.45, 2.75) is 19.2 Å². The summed E-state index contributed by atoms with van der Waals surface area (Å²) in [7, 11) is 0. The highest BCUT2D eigenvalue weighted by Crippen LogP contribution is 2.36. The number of aromatic nitrogens is 3. The van der Waals surface area contributed by atoms with Crippen LogP contribution in [0.4, 0.5) is 19.1 Å². The molecule has 0 spiro atoms. The van der Waals surface area contributed by atoms with Crippen molar-refractivity contribution in [3.8, 4) is 17.1 Å². The van der Waals surface area contributed by atoms with Crippen LogP contribution in [0.1, 0.15) is 12.5 Å². The van der Waals surface area contributed by atoms with E-state index in [1.54, 1.807) is 6.07 Å². The molecule has 2 N–H and O–H groups in total. The molecule has 26 heavy (non-hydrogen) atoms. The number of hydrogen-bond donors (Lipinski definition) is 2. The van der Waals surface area contributed by atoms with E-state index in [1.807, 2.05) is 0 Å². The highest BCUT2D eigenvalue weighted by molar-refractivity contribution is 5.92. The van der Waals surface area contributed by atoms with Crippen molar-refractivity contribution in [1.29, 1.82) is 0 Å². The summed E-state index contributed by atoms with van der Waals surface area (Å²) in [4.78, 5) is 16.2. The van der Waals surface area contributed by atoms with Gasteiger partial charge in [-0.05, 0) is 25.1 Å². The molecule has 0 aliphatic heterocycles. The third kappa shape index (κ3) is 3.85. The summed E-state index contributed by atoms with van der Waals surface area (Å²) in [6.07, 6.45) is -2.90. The van der Waals surface area contributed by atoms with E-state index in [2.05, 4.69) is 20.5 Å². The van der Waals surface area contributed by atoms with Crippen LogP contribution in [0.2, 0.25) is 0 Å². The molecule has 2 heterocycles. The first-order valence-electron chi connectivity index (χ1n) is 7.43. The first kappa shape index (κ1) is 17.5. The van der Waals surface area contributed by atoms with Crippen LogP contribution in [0.25, 0.3) is 11.4 Å². The van der Waals surface area contributed by atoms with Crippen LogP contribution in [-0.4, -0.2) is 27.2 Å². The fourth-order valence-electron chi connectivity index (χ4n) is 2.11. The molecule has 0 radical (unpaired) electrons. The number of aromatic amines is 1. The summed E-state index contributed by atoms with van der Waals surface area (Å²) in [5, 5.41) is 8.79. The number of carbonyl (C=O) groups excluding carboxylic acids is 1. The molecule has 0 saturated heterocycles. The Labute approximate surface area is 145 Å². The second-order valence-electron chi connectivity index (χ2n) is 5.26.